The van der Waals surface area contributed by atoms with E-state index >= 15 is 0 Å². The van der Waals surface area contributed by atoms with Gasteiger partial charge < -0.3 is 0 Å². The zero-order chi connectivity index (χ0) is 16.3. The molecule has 0 N–H and O–H groups in total. The predicted octanol–water partition coefficient (Wildman–Crippen LogP) is 7.45. The van der Waals surface area contributed by atoms with Gasteiger partial charge in [-0.05, 0) is 67.4 Å². The SMILES string of the molecule is CCCCCCCC[C@H]1CC[C@H](c2ccc(N=C=S)cc2)CC1. The quantitative estimate of drug-likeness (QED) is 0.260. The highest BCUT2D eigenvalue weighted by molar-refractivity contribution is 7.78. The van der Waals surface area contributed by atoms with Crippen LogP contribution < -0.4 is 0 Å². The van der Waals surface area contributed by atoms with Gasteiger partial charge in [0.25, 0.3) is 0 Å². The van der Waals surface area contributed by atoms with Crippen molar-refractivity contribution in [2.45, 2.75) is 83.5 Å². The monoisotopic (exact) mass is 329 g/mol. The van der Waals surface area contributed by atoms with E-state index in [2.05, 4.69) is 53.6 Å². The largest absolute Gasteiger partial charge is 0.195 e. The molecule has 0 saturated heterocycles. The van der Waals surface area contributed by atoms with E-state index < -0.39 is 0 Å². The summed E-state index contributed by atoms with van der Waals surface area (Å²) in [4.78, 5) is 4.03. The lowest BCUT2D eigenvalue weighted by Gasteiger charge is -2.29. The van der Waals surface area contributed by atoms with Crippen LogP contribution >= 0.6 is 12.2 Å². The number of thiocarbonyl (C=S) groups is 1. The smallest absolute Gasteiger partial charge is 0.0739 e. The summed E-state index contributed by atoms with van der Waals surface area (Å²) in [6.07, 6.45) is 15.5. The van der Waals surface area contributed by atoms with Crippen molar-refractivity contribution < 1.29 is 0 Å². The van der Waals surface area contributed by atoms with Crippen molar-refractivity contribution in [3.63, 3.8) is 0 Å². The van der Waals surface area contributed by atoms with E-state index in [0.29, 0.717) is 0 Å². The Morgan fingerprint density at radius 3 is 2.26 bits per heavy atom. The molecule has 0 unspecified atom stereocenters. The normalized spacial score (nSPS) is 20.9. The Morgan fingerprint density at radius 1 is 0.957 bits per heavy atom. The molecule has 1 aromatic carbocycles. The minimum absolute atomic E-state index is 0.751. The number of unbranched alkanes of at least 4 members (excludes halogenated alkanes) is 5. The molecule has 2 heteroatoms. The summed E-state index contributed by atoms with van der Waals surface area (Å²) in [7, 11) is 0. The maximum atomic E-state index is 4.65. The molecule has 0 amide bonds. The van der Waals surface area contributed by atoms with Gasteiger partial charge in [-0.1, -0.05) is 64.0 Å². The fourth-order valence-corrected chi connectivity index (χ4v) is 3.98. The predicted molar refractivity (Wildman–Crippen MR) is 104 cm³/mol. The molecule has 0 aliphatic heterocycles. The van der Waals surface area contributed by atoms with Gasteiger partial charge in [-0.3, -0.25) is 0 Å². The molecule has 126 valence electrons. The fraction of sp³-hybridized carbons (Fsp3) is 0.667. The highest BCUT2D eigenvalue weighted by atomic mass is 32.1. The number of hydrogen-bond donors (Lipinski definition) is 0. The van der Waals surface area contributed by atoms with E-state index in [1.165, 1.54) is 76.2 Å². The second-order valence-electron chi connectivity index (χ2n) is 7.07. The maximum Gasteiger partial charge on any atom is 0.0739 e. The van der Waals surface area contributed by atoms with Crippen LogP contribution in [0.1, 0.15) is 89.0 Å². The fourth-order valence-electron chi connectivity index (χ4n) is 3.87. The second-order valence-corrected chi connectivity index (χ2v) is 7.25. The van der Waals surface area contributed by atoms with Crippen LogP contribution in [-0.4, -0.2) is 5.16 Å². The number of isothiocyanates is 1. The average molecular weight is 330 g/mol. The van der Waals surface area contributed by atoms with Gasteiger partial charge in [0.05, 0.1) is 10.8 Å². The molecular formula is C21H31NS. The minimum Gasteiger partial charge on any atom is -0.195 e. The van der Waals surface area contributed by atoms with Crippen molar-refractivity contribution in [1.29, 1.82) is 0 Å². The van der Waals surface area contributed by atoms with Crippen LogP contribution in [0.3, 0.4) is 0 Å². The maximum absolute atomic E-state index is 4.65. The summed E-state index contributed by atoms with van der Waals surface area (Å²) in [6, 6.07) is 8.59. The lowest BCUT2D eigenvalue weighted by atomic mass is 9.77. The van der Waals surface area contributed by atoms with Gasteiger partial charge in [0.2, 0.25) is 0 Å². The first-order valence-electron chi connectivity index (χ1n) is 9.51. The highest BCUT2D eigenvalue weighted by Gasteiger charge is 2.21. The Balaban J connectivity index is 1.66. The number of hydrogen-bond acceptors (Lipinski definition) is 2. The number of nitrogens with zero attached hydrogens (tertiary/aromatic N) is 1. The van der Waals surface area contributed by atoms with Gasteiger partial charge in [0.15, 0.2) is 0 Å². The third-order valence-corrected chi connectivity index (χ3v) is 5.44. The topological polar surface area (TPSA) is 12.4 Å². The molecule has 0 atom stereocenters. The van der Waals surface area contributed by atoms with Gasteiger partial charge in [-0.15, -0.1) is 0 Å². The van der Waals surface area contributed by atoms with E-state index in [9.17, 15) is 0 Å². The zero-order valence-corrected chi connectivity index (χ0v) is 15.4. The van der Waals surface area contributed by atoms with Crippen LogP contribution in [0.5, 0.6) is 0 Å². The first-order chi connectivity index (χ1) is 11.3. The standard InChI is InChI=1S/C21H31NS/c1-2-3-4-5-6-7-8-18-9-11-19(12-10-18)20-13-15-21(16-14-20)22-17-23/h13-16,18-19H,2-12H2,1H3/t18-,19-. The van der Waals surface area contributed by atoms with Gasteiger partial charge in [0, 0.05) is 0 Å². The van der Waals surface area contributed by atoms with Crippen molar-refractivity contribution >= 4 is 23.1 Å². The molecule has 0 bridgehead atoms. The number of benzene rings is 1. The zero-order valence-electron chi connectivity index (χ0n) is 14.6. The Labute approximate surface area is 147 Å². The van der Waals surface area contributed by atoms with E-state index in [1.807, 2.05) is 0 Å². The Bertz CT molecular complexity index is 479. The molecule has 23 heavy (non-hydrogen) atoms. The lowest BCUT2D eigenvalue weighted by molar-refractivity contribution is 0.302. The summed E-state index contributed by atoms with van der Waals surface area (Å²) >= 11 is 4.65. The number of rotatable bonds is 9. The van der Waals surface area contributed by atoms with Gasteiger partial charge in [-0.25, -0.2) is 0 Å². The highest BCUT2D eigenvalue weighted by Crippen LogP contribution is 2.38. The van der Waals surface area contributed by atoms with E-state index in [1.54, 1.807) is 0 Å². The van der Waals surface area contributed by atoms with Crippen LogP contribution in [0.4, 0.5) is 5.69 Å². The van der Waals surface area contributed by atoms with Crippen LogP contribution in [0.25, 0.3) is 0 Å². The van der Waals surface area contributed by atoms with Crippen LogP contribution in [-0.2, 0) is 0 Å². The van der Waals surface area contributed by atoms with Crippen LogP contribution in [0.2, 0.25) is 0 Å². The molecule has 1 aliphatic carbocycles. The molecule has 1 saturated carbocycles. The third kappa shape index (κ3) is 6.57. The van der Waals surface area contributed by atoms with E-state index in [0.717, 1.165) is 17.5 Å². The molecule has 1 fully saturated rings. The van der Waals surface area contributed by atoms with E-state index in [-0.39, 0.29) is 0 Å². The molecule has 0 radical (unpaired) electrons. The Hall–Kier alpha value is -0.980. The van der Waals surface area contributed by atoms with Crippen molar-refractivity contribution in [1.82, 2.24) is 0 Å². The van der Waals surface area contributed by atoms with E-state index in [4.69, 9.17) is 0 Å². The molecule has 1 aliphatic rings. The van der Waals surface area contributed by atoms with Crippen LogP contribution in [0.15, 0.2) is 29.3 Å². The third-order valence-electron chi connectivity index (χ3n) is 5.35. The van der Waals surface area contributed by atoms with Gasteiger partial charge >= 0.3 is 0 Å². The Kier molecular flexibility index (Phi) is 8.57. The molecule has 0 heterocycles. The second kappa shape index (κ2) is 10.7. The van der Waals surface area contributed by atoms with Crippen molar-refractivity contribution in [2.75, 3.05) is 0 Å². The summed E-state index contributed by atoms with van der Waals surface area (Å²) in [5.41, 5.74) is 2.40. The molecule has 0 aromatic heterocycles. The summed E-state index contributed by atoms with van der Waals surface area (Å²) in [5, 5.41) is 2.43. The molecule has 0 spiro atoms. The minimum atomic E-state index is 0.751. The summed E-state index contributed by atoms with van der Waals surface area (Å²) in [5.74, 6) is 1.73. The van der Waals surface area contributed by atoms with Crippen molar-refractivity contribution in [3.05, 3.63) is 29.8 Å². The first kappa shape index (κ1) is 18.4. The van der Waals surface area contributed by atoms with Gasteiger partial charge in [0.1, 0.15) is 0 Å². The van der Waals surface area contributed by atoms with Gasteiger partial charge in [-0.2, -0.15) is 4.99 Å². The average Bonchev–Trinajstić information content (AvgIpc) is 2.60. The molecule has 1 aromatic rings. The summed E-state index contributed by atoms with van der Waals surface area (Å²) in [6.45, 7) is 2.29. The first-order valence-corrected chi connectivity index (χ1v) is 9.92. The lowest BCUT2D eigenvalue weighted by Crippen LogP contribution is -2.13. The van der Waals surface area contributed by atoms with Crippen molar-refractivity contribution in [3.8, 4) is 0 Å². The number of aliphatic imine (C=N–C) groups is 1. The Morgan fingerprint density at radius 2 is 1.61 bits per heavy atom. The summed E-state index contributed by atoms with van der Waals surface area (Å²) < 4.78 is 0. The molecular weight excluding hydrogens is 298 g/mol. The van der Waals surface area contributed by atoms with Crippen LogP contribution in [0, 0.1) is 5.92 Å². The van der Waals surface area contributed by atoms with Crippen molar-refractivity contribution in [2.24, 2.45) is 10.9 Å². The molecule has 2 rings (SSSR count). The molecule has 1 nitrogen and oxygen atoms in total.